The number of nitrogens with zero attached hydrogens (tertiary/aromatic N) is 1. The van der Waals surface area contributed by atoms with Gasteiger partial charge in [-0.1, -0.05) is 42.5 Å². The van der Waals surface area contributed by atoms with Gasteiger partial charge < -0.3 is 9.30 Å². The Morgan fingerprint density at radius 3 is 2.43 bits per heavy atom. The van der Waals surface area contributed by atoms with Crippen molar-refractivity contribution < 1.29 is 9.53 Å². The number of aromatic nitrogens is 1. The summed E-state index contributed by atoms with van der Waals surface area (Å²) in [4.78, 5) is 12.4. The van der Waals surface area contributed by atoms with Crippen LogP contribution in [-0.4, -0.2) is 10.4 Å². The van der Waals surface area contributed by atoms with Crippen LogP contribution in [0.3, 0.4) is 0 Å². The highest BCUT2D eigenvalue weighted by molar-refractivity contribution is 6.26. The number of fused-ring (bicyclic) bond motifs is 3. The molecule has 1 aliphatic heterocycles. The maximum atomic E-state index is 12.4. The summed E-state index contributed by atoms with van der Waals surface area (Å²) in [5.41, 5.74) is 3.26. The Labute approximate surface area is 134 Å². The number of benzene rings is 2. The molecule has 0 spiro atoms. The van der Waals surface area contributed by atoms with E-state index in [1.165, 1.54) is 0 Å². The Hall–Kier alpha value is -3.07. The Kier molecular flexibility index (Phi) is 3.12. The maximum absolute atomic E-state index is 12.4. The van der Waals surface area contributed by atoms with Crippen LogP contribution in [0.2, 0.25) is 0 Å². The van der Waals surface area contributed by atoms with Crippen molar-refractivity contribution in [2.75, 3.05) is 0 Å². The topological polar surface area (TPSA) is 31.2 Å². The van der Waals surface area contributed by atoms with Crippen LogP contribution < -0.4 is 4.74 Å². The summed E-state index contributed by atoms with van der Waals surface area (Å²) < 4.78 is 8.20. The zero-order chi connectivity index (χ0) is 15.8. The molecule has 0 fully saturated rings. The van der Waals surface area contributed by atoms with Crippen molar-refractivity contribution in [1.82, 2.24) is 4.57 Å². The van der Waals surface area contributed by atoms with Gasteiger partial charge in [0, 0.05) is 11.8 Å². The quantitative estimate of drug-likeness (QED) is 0.705. The number of carbonyl (C=O) groups excluding carboxylic acids is 1. The van der Waals surface area contributed by atoms with Gasteiger partial charge in [0.15, 0.2) is 11.5 Å². The molecule has 0 N–H and O–H groups in total. The summed E-state index contributed by atoms with van der Waals surface area (Å²) >= 11 is 0. The fraction of sp³-hybridized carbons (Fsp3) is 0.0500. The number of allylic oxidation sites excluding steroid dienone is 1. The van der Waals surface area contributed by atoms with Crippen LogP contribution in [0.15, 0.2) is 72.9 Å². The maximum Gasteiger partial charge on any atom is 0.165 e. The highest BCUT2D eigenvalue weighted by atomic mass is 16.5. The minimum Gasteiger partial charge on any atom is -0.454 e. The summed E-state index contributed by atoms with van der Waals surface area (Å²) in [6.07, 6.45) is 1.95. The number of carbonyl (C=O) groups is 1. The van der Waals surface area contributed by atoms with Gasteiger partial charge in [-0.2, -0.15) is 0 Å². The molecule has 0 amide bonds. The third-order valence-corrected chi connectivity index (χ3v) is 3.96. The van der Waals surface area contributed by atoms with Crippen LogP contribution in [0.1, 0.15) is 18.2 Å². The van der Waals surface area contributed by atoms with E-state index in [-0.39, 0.29) is 5.78 Å². The second kappa shape index (κ2) is 5.29. The molecule has 3 nitrogen and oxygen atoms in total. The molecule has 2 aromatic carbocycles. The summed E-state index contributed by atoms with van der Waals surface area (Å²) in [5.74, 6) is 1.32. The number of ether oxygens (including phenoxy) is 1. The lowest BCUT2D eigenvalue weighted by atomic mass is 10.0. The van der Waals surface area contributed by atoms with Gasteiger partial charge in [-0.05, 0) is 31.2 Å². The molecule has 3 heteroatoms. The van der Waals surface area contributed by atoms with Crippen LogP contribution in [0, 0.1) is 0 Å². The third-order valence-electron chi connectivity index (χ3n) is 3.96. The van der Waals surface area contributed by atoms with Gasteiger partial charge in [0.2, 0.25) is 0 Å². The van der Waals surface area contributed by atoms with E-state index in [2.05, 4.69) is 0 Å². The fourth-order valence-corrected chi connectivity index (χ4v) is 2.95. The van der Waals surface area contributed by atoms with E-state index < -0.39 is 0 Å². The minimum absolute atomic E-state index is 0.0170. The molecule has 2 heterocycles. The lowest BCUT2D eigenvalue weighted by Gasteiger charge is -2.12. The van der Waals surface area contributed by atoms with E-state index in [4.69, 9.17) is 4.74 Å². The molecular weight excluding hydrogens is 286 g/mol. The Bertz CT molecular complexity index is 920. The highest BCUT2D eigenvalue weighted by Gasteiger charge is 2.25. The first-order valence-electron chi connectivity index (χ1n) is 7.51. The third kappa shape index (κ3) is 2.18. The van der Waals surface area contributed by atoms with Crippen molar-refractivity contribution in [3.63, 3.8) is 0 Å². The van der Waals surface area contributed by atoms with E-state index in [1.54, 1.807) is 6.92 Å². The highest BCUT2D eigenvalue weighted by Crippen LogP contribution is 2.38. The average Bonchev–Trinajstić information content (AvgIpc) is 2.99. The van der Waals surface area contributed by atoms with Gasteiger partial charge in [-0.25, -0.2) is 0 Å². The first-order chi connectivity index (χ1) is 11.3. The molecule has 0 unspecified atom stereocenters. The predicted octanol–water partition coefficient (Wildman–Crippen LogP) is 4.33. The van der Waals surface area contributed by atoms with E-state index in [0.29, 0.717) is 11.3 Å². The number of hydrogen-bond acceptors (Lipinski definition) is 2. The normalized spacial score (nSPS) is 12.9. The van der Waals surface area contributed by atoms with Crippen molar-refractivity contribution in [3.05, 3.63) is 84.2 Å². The minimum atomic E-state index is -0.0170. The lowest BCUT2D eigenvalue weighted by Crippen LogP contribution is -2.05. The molecular formula is C20H15NO2. The van der Waals surface area contributed by atoms with Crippen LogP contribution >= 0.6 is 0 Å². The fourth-order valence-electron chi connectivity index (χ4n) is 2.95. The number of para-hydroxylation sites is 2. The second-order valence-corrected chi connectivity index (χ2v) is 5.46. The molecule has 0 aliphatic carbocycles. The Balaban J connectivity index is 2.07. The number of Topliss-reactive ketones (excluding diaryl/α,β-unsaturated/α-hetero) is 1. The van der Waals surface area contributed by atoms with Crippen molar-refractivity contribution in [3.8, 4) is 11.4 Å². The van der Waals surface area contributed by atoms with Gasteiger partial charge >= 0.3 is 0 Å². The number of rotatable bonds is 2. The van der Waals surface area contributed by atoms with Crippen LogP contribution in [-0.2, 0) is 4.79 Å². The summed E-state index contributed by atoms with van der Waals surface area (Å²) in [7, 11) is 0. The van der Waals surface area contributed by atoms with Gasteiger partial charge in [-0.15, -0.1) is 0 Å². The van der Waals surface area contributed by atoms with Crippen LogP contribution in [0.4, 0.5) is 0 Å². The summed E-state index contributed by atoms with van der Waals surface area (Å²) in [5, 5.41) is 0. The molecule has 23 heavy (non-hydrogen) atoms. The second-order valence-electron chi connectivity index (χ2n) is 5.46. The van der Waals surface area contributed by atoms with E-state index in [0.717, 1.165) is 22.7 Å². The van der Waals surface area contributed by atoms with E-state index >= 15 is 0 Å². The van der Waals surface area contributed by atoms with E-state index in [1.807, 2.05) is 77.5 Å². The molecule has 0 radical (unpaired) electrons. The molecule has 0 bridgehead atoms. The smallest absolute Gasteiger partial charge is 0.165 e. The molecule has 0 saturated heterocycles. The molecule has 0 saturated carbocycles. The van der Waals surface area contributed by atoms with Crippen LogP contribution in [0.5, 0.6) is 5.75 Å². The molecule has 112 valence electrons. The van der Waals surface area contributed by atoms with Gasteiger partial charge in [0.05, 0.1) is 17.0 Å². The van der Waals surface area contributed by atoms with Crippen molar-refractivity contribution >= 4 is 17.1 Å². The zero-order valence-corrected chi connectivity index (χ0v) is 12.7. The average molecular weight is 301 g/mol. The van der Waals surface area contributed by atoms with Gasteiger partial charge in [0.25, 0.3) is 0 Å². The molecule has 1 aromatic heterocycles. The van der Waals surface area contributed by atoms with Crippen molar-refractivity contribution in [2.45, 2.75) is 6.92 Å². The summed E-state index contributed by atoms with van der Waals surface area (Å²) in [6, 6.07) is 21.5. The van der Waals surface area contributed by atoms with E-state index in [9.17, 15) is 4.79 Å². The number of ketones is 1. The first kappa shape index (κ1) is 13.6. The Morgan fingerprint density at radius 1 is 0.913 bits per heavy atom. The molecule has 0 atom stereocenters. The standard InChI is InChI=1S/C20H15NO2/c1-14(22)19-17-11-7-13-21(17)16-10-5-6-12-18(16)23-20(19)15-8-3-2-4-9-15/h2-13H,1H3. The van der Waals surface area contributed by atoms with Crippen molar-refractivity contribution in [2.24, 2.45) is 0 Å². The number of hydrogen-bond donors (Lipinski definition) is 0. The Morgan fingerprint density at radius 2 is 1.65 bits per heavy atom. The largest absolute Gasteiger partial charge is 0.454 e. The predicted molar refractivity (Wildman–Crippen MR) is 90.3 cm³/mol. The van der Waals surface area contributed by atoms with Crippen molar-refractivity contribution in [1.29, 1.82) is 0 Å². The van der Waals surface area contributed by atoms with Gasteiger partial charge in [-0.3, -0.25) is 4.79 Å². The lowest BCUT2D eigenvalue weighted by molar-refractivity contribution is -0.111. The molecule has 4 rings (SSSR count). The monoisotopic (exact) mass is 301 g/mol. The van der Waals surface area contributed by atoms with Gasteiger partial charge in [0.1, 0.15) is 5.76 Å². The molecule has 3 aromatic rings. The summed E-state index contributed by atoms with van der Waals surface area (Å²) in [6.45, 7) is 1.58. The zero-order valence-electron chi connectivity index (χ0n) is 12.7. The molecule has 1 aliphatic rings. The van der Waals surface area contributed by atoms with Crippen LogP contribution in [0.25, 0.3) is 17.0 Å². The SMILES string of the molecule is CC(=O)C1=C(c2ccccc2)Oc2ccccc2-n2cccc21. The first-order valence-corrected chi connectivity index (χ1v) is 7.51.